The number of aliphatic hydroxyl groups is 1. The molecule has 1 aromatic rings. The summed E-state index contributed by atoms with van der Waals surface area (Å²) in [5, 5.41) is 8.94. The molecular formula is C9H14N3O6PS. The first-order valence-electron chi connectivity index (χ1n) is 5.64. The van der Waals surface area contributed by atoms with E-state index in [9.17, 15) is 14.5 Å². The lowest BCUT2D eigenvalue weighted by molar-refractivity contribution is 0.128. The molecule has 0 amide bonds. The van der Waals surface area contributed by atoms with Crippen molar-refractivity contribution in [1.29, 1.82) is 0 Å². The third-order valence-electron chi connectivity index (χ3n) is 2.77. The number of thioether (sulfide) groups is 1. The molecule has 9 nitrogen and oxygen atoms in total. The second kappa shape index (κ2) is 5.84. The Morgan fingerprint density at radius 2 is 2.30 bits per heavy atom. The molecule has 20 heavy (non-hydrogen) atoms. The third kappa shape index (κ3) is 3.81. The molecule has 3 atom stereocenters. The van der Waals surface area contributed by atoms with Gasteiger partial charge in [-0.1, -0.05) is 0 Å². The van der Waals surface area contributed by atoms with E-state index in [2.05, 4.69) is 9.51 Å². The Kier molecular flexibility index (Phi) is 4.52. The zero-order valence-electron chi connectivity index (χ0n) is 10.2. The van der Waals surface area contributed by atoms with Crippen LogP contribution in [0, 0.1) is 0 Å². The third-order valence-corrected chi connectivity index (χ3v) is 4.79. The van der Waals surface area contributed by atoms with Gasteiger partial charge in [-0.05, 0) is 6.07 Å². The number of phosphoric acid groups is 1. The molecule has 1 aromatic heterocycles. The van der Waals surface area contributed by atoms with E-state index in [1.165, 1.54) is 28.6 Å². The van der Waals surface area contributed by atoms with Gasteiger partial charge in [-0.15, -0.1) is 11.8 Å². The summed E-state index contributed by atoms with van der Waals surface area (Å²) < 4.78 is 16.3. The largest absolute Gasteiger partial charge is 0.469 e. The van der Waals surface area contributed by atoms with E-state index in [0.717, 1.165) is 0 Å². The van der Waals surface area contributed by atoms with Gasteiger partial charge in [-0.3, -0.25) is 9.09 Å². The Labute approximate surface area is 118 Å². The summed E-state index contributed by atoms with van der Waals surface area (Å²) in [6.07, 6.45) is 0.896. The van der Waals surface area contributed by atoms with Crippen molar-refractivity contribution in [1.82, 2.24) is 9.55 Å². The van der Waals surface area contributed by atoms with Gasteiger partial charge < -0.3 is 20.6 Å². The average Bonchev–Trinajstić information content (AvgIpc) is 2.67. The van der Waals surface area contributed by atoms with Gasteiger partial charge in [0.15, 0.2) is 0 Å². The van der Waals surface area contributed by atoms with Gasteiger partial charge in [0.25, 0.3) is 0 Å². The number of nitrogens with two attached hydrogens (primary N) is 1. The van der Waals surface area contributed by atoms with Crippen LogP contribution in [0.25, 0.3) is 0 Å². The number of phosphoric ester groups is 1. The molecular weight excluding hydrogens is 309 g/mol. The maximum Gasteiger partial charge on any atom is 0.469 e. The molecule has 0 radical (unpaired) electrons. The van der Waals surface area contributed by atoms with E-state index in [1.54, 1.807) is 0 Å². The molecule has 2 heterocycles. The Morgan fingerprint density at radius 3 is 2.90 bits per heavy atom. The summed E-state index contributed by atoms with van der Waals surface area (Å²) in [6, 6.07) is 1.47. The minimum atomic E-state index is -4.57. The van der Waals surface area contributed by atoms with Crippen LogP contribution in [0.15, 0.2) is 17.1 Å². The lowest BCUT2D eigenvalue weighted by atomic mass is 10.2. The van der Waals surface area contributed by atoms with Gasteiger partial charge >= 0.3 is 13.5 Å². The predicted molar refractivity (Wildman–Crippen MR) is 71.9 cm³/mol. The van der Waals surface area contributed by atoms with Gasteiger partial charge in [-0.25, -0.2) is 9.36 Å². The summed E-state index contributed by atoms with van der Waals surface area (Å²) in [5.74, 6) is 0.108. The highest BCUT2D eigenvalue weighted by Gasteiger charge is 2.36. The van der Waals surface area contributed by atoms with E-state index < -0.39 is 24.9 Å². The van der Waals surface area contributed by atoms with Crippen molar-refractivity contribution in [3.63, 3.8) is 0 Å². The maximum atomic E-state index is 11.7. The number of hydrogen-bond acceptors (Lipinski definition) is 7. The van der Waals surface area contributed by atoms with Gasteiger partial charge in [0, 0.05) is 12.6 Å². The van der Waals surface area contributed by atoms with Crippen molar-refractivity contribution in [2.75, 3.05) is 12.3 Å². The summed E-state index contributed by atoms with van der Waals surface area (Å²) in [7, 11) is -4.57. The topological polar surface area (TPSA) is 148 Å². The first-order valence-corrected chi connectivity index (χ1v) is 8.12. The van der Waals surface area contributed by atoms with Crippen LogP contribution in [-0.4, -0.2) is 42.4 Å². The quantitative estimate of drug-likeness (QED) is 0.528. The van der Waals surface area contributed by atoms with Crippen molar-refractivity contribution in [3.8, 4) is 0 Å². The molecule has 2 rings (SSSR count). The molecule has 0 aromatic carbocycles. The number of nitrogen functional groups attached to an aromatic ring is 1. The van der Waals surface area contributed by atoms with Crippen LogP contribution >= 0.6 is 19.6 Å². The van der Waals surface area contributed by atoms with Crippen LogP contribution in [0.1, 0.15) is 11.8 Å². The standard InChI is InChI=1S/C9H14N3O6PS/c10-7-1-2-12(9(14)11-7)8-3-5(13)6(20-8)4-18-19(15,16)17/h1-2,5-6,8,13H,3-4H2,(H2,10,11,14)(H2,15,16,17)/t5-,6-,8?/m1/s1. The zero-order chi connectivity index (χ0) is 14.9. The Balaban J connectivity index is 2.06. The normalized spacial score (nSPS) is 26.9. The SMILES string of the molecule is Nc1ccn(C2C[C@@H](O)[C@@H](COP(=O)(O)O)S2)c(=O)n1. The minimum Gasteiger partial charge on any atom is -0.392 e. The van der Waals surface area contributed by atoms with Crippen LogP contribution in [0.2, 0.25) is 0 Å². The van der Waals surface area contributed by atoms with E-state index in [1.807, 2.05) is 0 Å². The van der Waals surface area contributed by atoms with Crippen molar-refractivity contribution in [3.05, 3.63) is 22.7 Å². The smallest absolute Gasteiger partial charge is 0.392 e. The van der Waals surface area contributed by atoms with Gasteiger partial charge in [0.05, 0.1) is 23.3 Å². The minimum absolute atomic E-state index is 0.108. The number of aliphatic hydroxyl groups excluding tert-OH is 1. The molecule has 0 aliphatic carbocycles. The van der Waals surface area contributed by atoms with Crippen LogP contribution in [-0.2, 0) is 9.09 Å². The summed E-state index contributed by atoms with van der Waals surface area (Å²) in [5.41, 5.74) is 4.85. The van der Waals surface area contributed by atoms with E-state index in [4.69, 9.17) is 15.5 Å². The van der Waals surface area contributed by atoms with Crippen molar-refractivity contribution < 1.29 is 24.0 Å². The van der Waals surface area contributed by atoms with Crippen molar-refractivity contribution in [2.45, 2.75) is 23.1 Å². The Morgan fingerprint density at radius 1 is 1.60 bits per heavy atom. The van der Waals surface area contributed by atoms with Crippen LogP contribution in [0.3, 0.4) is 0 Å². The molecule has 1 aliphatic rings. The highest BCUT2D eigenvalue weighted by molar-refractivity contribution is 8.00. The fraction of sp³-hybridized carbons (Fsp3) is 0.556. The molecule has 0 bridgehead atoms. The number of hydrogen-bond donors (Lipinski definition) is 4. The highest BCUT2D eigenvalue weighted by atomic mass is 32.2. The maximum absolute atomic E-state index is 11.7. The van der Waals surface area contributed by atoms with Crippen LogP contribution < -0.4 is 11.4 Å². The Hall–Kier alpha value is -0.900. The monoisotopic (exact) mass is 323 g/mol. The first kappa shape index (κ1) is 15.5. The highest BCUT2D eigenvalue weighted by Crippen LogP contribution is 2.44. The van der Waals surface area contributed by atoms with Crippen molar-refractivity contribution in [2.24, 2.45) is 0 Å². The van der Waals surface area contributed by atoms with Crippen molar-refractivity contribution >= 4 is 25.4 Å². The van der Waals surface area contributed by atoms with E-state index >= 15 is 0 Å². The van der Waals surface area contributed by atoms with E-state index in [-0.39, 0.29) is 24.2 Å². The average molecular weight is 323 g/mol. The number of nitrogens with zero attached hydrogens (tertiary/aromatic N) is 2. The molecule has 112 valence electrons. The van der Waals surface area contributed by atoms with Gasteiger partial charge in [0.2, 0.25) is 0 Å². The molecule has 0 spiro atoms. The summed E-state index contributed by atoms with van der Waals surface area (Å²) >= 11 is 1.20. The molecule has 1 saturated heterocycles. The lowest BCUT2D eigenvalue weighted by Crippen LogP contribution is -2.25. The molecule has 0 saturated carbocycles. The first-order chi connectivity index (χ1) is 9.26. The van der Waals surface area contributed by atoms with Gasteiger partial charge in [-0.2, -0.15) is 4.98 Å². The zero-order valence-corrected chi connectivity index (χ0v) is 11.9. The van der Waals surface area contributed by atoms with Gasteiger partial charge in [0.1, 0.15) is 5.82 Å². The Bertz CT molecular complexity index is 589. The molecule has 1 fully saturated rings. The number of anilines is 1. The molecule has 1 unspecified atom stereocenters. The van der Waals surface area contributed by atoms with Crippen LogP contribution in [0.5, 0.6) is 0 Å². The summed E-state index contributed by atoms with van der Waals surface area (Å²) in [6.45, 7) is -0.302. The molecule has 1 aliphatic heterocycles. The molecule has 11 heteroatoms. The fourth-order valence-electron chi connectivity index (χ4n) is 1.85. The fourth-order valence-corrected chi connectivity index (χ4v) is 3.75. The lowest BCUT2D eigenvalue weighted by Gasteiger charge is -2.14. The number of rotatable bonds is 4. The van der Waals surface area contributed by atoms with E-state index in [0.29, 0.717) is 0 Å². The van der Waals surface area contributed by atoms with Crippen LogP contribution in [0.4, 0.5) is 5.82 Å². The second-order valence-corrected chi connectivity index (χ2v) is 6.92. The predicted octanol–water partition coefficient (Wildman–Crippen LogP) is -0.700. The number of aromatic nitrogens is 2. The second-order valence-electron chi connectivity index (χ2n) is 4.26. The molecule has 5 N–H and O–H groups in total. The summed E-state index contributed by atoms with van der Waals surface area (Å²) in [4.78, 5) is 32.5.